The molecule has 0 heterocycles. The maximum Gasteiger partial charge on any atom is 0.275 e. The smallest absolute Gasteiger partial charge is 0.275 e. The summed E-state index contributed by atoms with van der Waals surface area (Å²) >= 11 is 3.29. The minimum absolute atomic E-state index is 0.000985. The molecule has 0 saturated heterocycles. The second-order valence-corrected chi connectivity index (χ2v) is 5.76. The molecule has 2 aromatic carbocycles. The van der Waals surface area contributed by atoms with Gasteiger partial charge in [-0.3, -0.25) is 14.9 Å². The van der Waals surface area contributed by atoms with Crippen LogP contribution in [0.3, 0.4) is 0 Å². The number of rotatable bonds is 5. The van der Waals surface area contributed by atoms with Gasteiger partial charge in [-0.1, -0.05) is 28.1 Å². The molecule has 7 nitrogen and oxygen atoms in total. The third kappa shape index (κ3) is 4.17. The van der Waals surface area contributed by atoms with Crippen LogP contribution in [0, 0.1) is 17.0 Å². The Labute approximate surface area is 146 Å². The van der Waals surface area contributed by atoms with E-state index >= 15 is 0 Å². The number of nitro groups is 1. The lowest BCUT2D eigenvalue weighted by Crippen LogP contribution is -2.18. The van der Waals surface area contributed by atoms with Gasteiger partial charge in [0.2, 0.25) is 0 Å². The minimum Gasteiger partial charge on any atom is -0.496 e. The van der Waals surface area contributed by atoms with Crippen LogP contribution >= 0.6 is 15.9 Å². The first-order valence-corrected chi connectivity index (χ1v) is 7.63. The third-order valence-corrected chi connectivity index (χ3v) is 3.71. The van der Waals surface area contributed by atoms with Crippen molar-refractivity contribution in [1.82, 2.24) is 5.43 Å². The molecule has 1 amide bonds. The lowest BCUT2D eigenvalue weighted by Gasteiger charge is -2.07. The van der Waals surface area contributed by atoms with Gasteiger partial charge in [-0.05, 0) is 25.1 Å². The van der Waals surface area contributed by atoms with Crippen LogP contribution in [0.5, 0.6) is 5.75 Å². The molecular weight excluding hydrogens is 378 g/mol. The highest BCUT2D eigenvalue weighted by atomic mass is 79.9. The number of hydrogen-bond donors (Lipinski definition) is 1. The van der Waals surface area contributed by atoms with E-state index in [9.17, 15) is 14.9 Å². The van der Waals surface area contributed by atoms with Crippen molar-refractivity contribution in [1.29, 1.82) is 0 Å². The first-order chi connectivity index (χ1) is 11.4. The standard InChI is InChI=1S/C16H14BrN3O4/c1-10-3-4-11(7-14(10)20(22)23)9-18-19-16(21)13-8-12(17)5-6-15(13)24-2/h3-9H,1-2H3,(H,19,21)/b18-9-. The second kappa shape index (κ2) is 7.69. The summed E-state index contributed by atoms with van der Waals surface area (Å²) in [7, 11) is 1.47. The summed E-state index contributed by atoms with van der Waals surface area (Å²) in [6.07, 6.45) is 1.34. The number of carbonyl (C=O) groups excluding carboxylic acids is 1. The van der Waals surface area contributed by atoms with E-state index < -0.39 is 10.8 Å². The van der Waals surface area contributed by atoms with Gasteiger partial charge < -0.3 is 4.74 Å². The van der Waals surface area contributed by atoms with Crippen LogP contribution in [0.15, 0.2) is 46.0 Å². The van der Waals surface area contributed by atoms with Gasteiger partial charge in [0.25, 0.3) is 11.6 Å². The fraction of sp³-hybridized carbons (Fsp3) is 0.125. The molecule has 0 radical (unpaired) electrons. The Kier molecular flexibility index (Phi) is 5.64. The topological polar surface area (TPSA) is 93.8 Å². The summed E-state index contributed by atoms with van der Waals surface area (Å²) < 4.78 is 5.86. The van der Waals surface area contributed by atoms with E-state index in [4.69, 9.17) is 4.74 Å². The molecular formula is C16H14BrN3O4. The number of nitro benzene ring substituents is 1. The minimum atomic E-state index is -0.461. The van der Waals surface area contributed by atoms with E-state index in [2.05, 4.69) is 26.5 Å². The summed E-state index contributed by atoms with van der Waals surface area (Å²) in [5.41, 5.74) is 3.75. The van der Waals surface area contributed by atoms with Crippen LogP contribution in [0.25, 0.3) is 0 Å². The van der Waals surface area contributed by atoms with Crippen molar-refractivity contribution < 1.29 is 14.5 Å². The van der Waals surface area contributed by atoms with Gasteiger partial charge in [0.15, 0.2) is 0 Å². The molecule has 24 heavy (non-hydrogen) atoms. The number of ether oxygens (including phenoxy) is 1. The monoisotopic (exact) mass is 391 g/mol. The number of nitrogens with one attached hydrogen (secondary N) is 1. The average molecular weight is 392 g/mol. The molecule has 0 aliphatic heterocycles. The normalized spacial score (nSPS) is 10.6. The number of hydrazone groups is 1. The first-order valence-electron chi connectivity index (χ1n) is 6.84. The molecule has 2 rings (SSSR count). The van der Waals surface area contributed by atoms with Crippen LogP contribution in [-0.4, -0.2) is 24.2 Å². The average Bonchev–Trinajstić information content (AvgIpc) is 2.56. The Morgan fingerprint density at radius 3 is 2.75 bits per heavy atom. The van der Waals surface area contributed by atoms with E-state index in [1.807, 2.05) is 0 Å². The zero-order chi connectivity index (χ0) is 17.7. The molecule has 8 heteroatoms. The molecule has 0 bridgehead atoms. The van der Waals surface area contributed by atoms with Crippen molar-refractivity contribution in [2.24, 2.45) is 5.10 Å². The quantitative estimate of drug-likeness (QED) is 0.479. The van der Waals surface area contributed by atoms with Crippen molar-refractivity contribution >= 4 is 33.7 Å². The highest BCUT2D eigenvalue weighted by Crippen LogP contribution is 2.23. The van der Waals surface area contributed by atoms with Crippen LogP contribution in [0.4, 0.5) is 5.69 Å². The van der Waals surface area contributed by atoms with E-state index in [0.29, 0.717) is 22.4 Å². The van der Waals surface area contributed by atoms with Gasteiger partial charge in [0.1, 0.15) is 5.75 Å². The van der Waals surface area contributed by atoms with Crippen LogP contribution in [0.1, 0.15) is 21.5 Å². The lowest BCUT2D eigenvalue weighted by molar-refractivity contribution is -0.385. The molecule has 2 aromatic rings. The summed E-state index contributed by atoms with van der Waals surface area (Å²) in [6.45, 7) is 1.65. The number of benzene rings is 2. The number of amides is 1. The SMILES string of the molecule is COc1ccc(Br)cc1C(=O)N/N=C\c1ccc(C)c([N+](=O)[O-])c1. The largest absolute Gasteiger partial charge is 0.496 e. The van der Waals surface area contributed by atoms with Crippen LogP contribution in [0.2, 0.25) is 0 Å². The molecule has 0 spiro atoms. The van der Waals surface area contributed by atoms with Gasteiger partial charge in [-0.2, -0.15) is 5.10 Å². The number of hydrogen-bond acceptors (Lipinski definition) is 5. The van der Waals surface area contributed by atoms with E-state index in [1.165, 1.54) is 19.4 Å². The van der Waals surface area contributed by atoms with Crippen molar-refractivity contribution in [3.63, 3.8) is 0 Å². The first kappa shape index (κ1) is 17.6. The molecule has 0 aromatic heterocycles. The van der Waals surface area contributed by atoms with E-state index in [-0.39, 0.29) is 5.69 Å². The van der Waals surface area contributed by atoms with Gasteiger partial charge in [-0.15, -0.1) is 0 Å². The predicted octanol–water partition coefficient (Wildman–Crippen LogP) is 3.44. The number of nitrogens with zero attached hydrogens (tertiary/aromatic N) is 2. The Hall–Kier alpha value is -2.74. The summed E-state index contributed by atoms with van der Waals surface area (Å²) in [4.78, 5) is 22.6. The predicted molar refractivity (Wildman–Crippen MR) is 93.6 cm³/mol. The van der Waals surface area contributed by atoms with Gasteiger partial charge in [-0.25, -0.2) is 5.43 Å². The van der Waals surface area contributed by atoms with E-state index in [1.54, 1.807) is 37.3 Å². The zero-order valence-corrected chi connectivity index (χ0v) is 14.5. The van der Waals surface area contributed by atoms with Crippen molar-refractivity contribution in [2.75, 3.05) is 7.11 Å². The van der Waals surface area contributed by atoms with E-state index in [0.717, 1.165) is 4.47 Å². The summed E-state index contributed by atoms with van der Waals surface area (Å²) in [5.74, 6) is -0.0390. The number of carbonyl (C=O) groups is 1. The molecule has 0 unspecified atom stereocenters. The summed E-state index contributed by atoms with van der Waals surface area (Å²) in [5, 5.41) is 14.8. The van der Waals surface area contributed by atoms with Crippen LogP contribution < -0.4 is 10.2 Å². The zero-order valence-electron chi connectivity index (χ0n) is 12.9. The Morgan fingerprint density at radius 2 is 2.08 bits per heavy atom. The van der Waals surface area contributed by atoms with Gasteiger partial charge >= 0.3 is 0 Å². The van der Waals surface area contributed by atoms with Crippen molar-refractivity contribution in [3.8, 4) is 5.75 Å². The molecule has 0 fully saturated rings. The van der Waals surface area contributed by atoms with Crippen LogP contribution in [-0.2, 0) is 0 Å². The van der Waals surface area contributed by atoms with Crippen molar-refractivity contribution in [3.05, 3.63) is 67.7 Å². The van der Waals surface area contributed by atoms with Crippen molar-refractivity contribution in [2.45, 2.75) is 6.92 Å². The Balaban J connectivity index is 2.15. The third-order valence-electron chi connectivity index (χ3n) is 3.22. The highest BCUT2D eigenvalue weighted by Gasteiger charge is 2.12. The molecule has 1 N–H and O–H groups in total. The fourth-order valence-corrected chi connectivity index (χ4v) is 2.35. The van der Waals surface area contributed by atoms with Gasteiger partial charge in [0.05, 0.1) is 23.8 Å². The lowest BCUT2D eigenvalue weighted by atomic mass is 10.1. The Morgan fingerprint density at radius 1 is 1.33 bits per heavy atom. The fourth-order valence-electron chi connectivity index (χ4n) is 1.99. The maximum atomic E-state index is 12.2. The molecule has 124 valence electrons. The summed E-state index contributed by atoms with van der Waals surface area (Å²) in [6, 6.07) is 9.72. The highest BCUT2D eigenvalue weighted by molar-refractivity contribution is 9.10. The Bertz CT molecular complexity index is 821. The second-order valence-electron chi connectivity index (χ2n) is 4.85. The molecule has 0 aliphatic rings. The molecule has 0 saturated carbocycles. The number of methoxy groups -OCH3 is 1. The molecule has 0 aliphatic carbocycles. The molecule has 0 atom stereocenters. The van der Waals surface area contributed by atoms with Gasteiger partial charge in [0, 0.05) is 21.7 Å². The number of aryl methyl sites for hydroxylation is 1. The maximum absolute atomic E-state index is 12.2. The number of halogens is 1.